The fourth-order valence-electron chi connectivity index (χ4n) is 4.11. The Bertz CT molecular complexity index is 1230. The highest BCUT2D eigenvalue weighted by Crippen LogP contribution is 2.40. The molecule has 1 aromatic heterocycles. The molecule has 0 bridgehead atoms. The third-order valence-electron chi connectivity index (χ3n) is 5.69. The van der Waals surface area contributed by atoms with Crippen molar-refractivity contribution in [2.75, 3.05) is 34.3 Å². The minimum absolute atomic E-state index is 0.0221. The number of amides is 1. The highest BCUT2D eigenvalue weighted by Gasteiger charge is 2.44. The molecule has 0 fully saturated rings. The van der Waals surface area contributed by atoms with Gasteiger partial charge in [0.25, 0.3) is 5.91 Å². The highest BCUT2D eigenvalue weighted by atomic mass is 19.1. The Morgan fingerprint density at radius 3 is 2.61 bits per heavy atom. The Hall–Kier alpha value is -3.65. The lowest BCUT2D eigenvalue weighted by atomic mass is 9.95. The average Bonchev–Trinajstić information content (AvgIpc) is 3.34. The van der Waals surface area contributed by atoms with Crippen molar-refractivity contribution in [3.63, 3.8) is 0 Å². The Morgan fingerprint density at radius 1 is 1.21 bits per heavy atom. The Labute approximate surface area is 190 Å². The summed E-state index contributed by atoms with van der Waals surface area (Å²) < 4.78 is 24.7. The zero-order chi connectivity index (χ0) is 23.7. The zero-order valence-corrected chi connectivity index (χ0v) is 18.7. The fraction of sp³-hybridized carbons (Fsp3) is 0.280. The molecule has 0 saturated heterocycles. The van der Waals surface area contributed by atoms with Gasteiger partial charge < -0.3 is 24.1 Å². The van der Waals surface area contributed by atoms with E-state index in [0.29, 0.717) is 41.8 Å². The van der Waals surface area contributed by atoms with E-state index in [0.717, 1.165) is 0 Å². The number of carbonyl (C=O) groups is 2. The van der Waals surface area contributed by atoms with E-state index >= 15 is 0 Å². The van der Waals surface area contributed by atoms with E-state index in [1.807, 2.05) is 19.0 Å². The normalized spacial score (nSPS) is 16.3. The van der Waals surface area contributed by atoms with Gasteiger partial charge in [0, 0.05) is 11.9 Å². The van der Waals surface area contributed by atoms with Crippen LogP contribution >= 0.6 is 0 Å². The minimum Gasteiger partial charge on any atom is -0.503 e. The van der Waals surface area contributed by atoms with Crippen LogP contribution in [0.2, 0.25) is 0 Å². The monoisotopic (exact) mass is 452 g/mol. The molecule has 1 aliphatic rings. The third kappa shape index (κ3) is 4.21. The second kappa shape index (κ2) is 9.07. The number of benzene rings is 2. The molecular weight excluding hydrogens is 427 g/mol. The van der Waals surface area contributed by atoms with Gasteiger partial charge in [0.2, 0.25) is 5.78 Å². The van der Waals surface area contributed by atoms with Crippen LogP contribution in [0.25, 0.3) is 11.0 Å². The standard InChI is InChI=1S/C25H25FN2O5/c1-27(2)12-5-13-28-21(15-8-10-17(26)11-9-15)20(23(30)25(28)31)22(29)19-14-16-6-4-7-18(32-3)24(16)33-19/h4,6-11,14,21,30H,5,12-13H2,1-3H3/t21-/m0/s1. The third-order valence-corrected chi connectivity index (χ3v) is 5.69. The average molecular weight is 452 g/mol. The van der Waals surface area contributed by atoms with Crippen molar-refractivity contribution in [1.29, 1.82) is 0 Å². The summed E-state index contributed by atoms with van der Waals surface area (Å²) in [5.41, 5.74) is 0.833. The van der Waals surface area contributed by atoms with Gasteiger partial charge in [-0.25, -0.2) is 4.39 Å². The molecule has 1 atom stereocenters. The number of rotatable bonds is 8. The van der Waals surface area contributed by atoms with Gasteiger partial charge in [-0.05, 0) is 56.9 Å². The van der Waals surface area contributed by atoms with Crippen LogP contribution in [0.5, 0.6) is 5.75 Å². The number of halogens is 1. The van der Waals surface area contributed by atoms with Crippen molar-refractivity contribution in [2.45, 2.75) is 12.5 Å². The molecule has 1 aliphatic heterocycles. The second-order valence-electron chi connectivity index (χ2n) is 8.19. The van der Waals surface area contributed by atoms with Gasteiger partial charge in [0.1, 0.15) is 5.82 Å². The lowest BCUT2D eigenvalue weighted by Gasteiger charge is -2.27. The summed E-state index contributed by atoms with van der Waals surface area (Å²) in [5, 5.41) is 11.4. The van der Waals surface area contributed by atoms with E-state index < -0.39 is 29.3 Å². The largest absolute Gasteiger partial charge is 0.503 e. The molecule has 172 valence electrons. The van der Waals surface area contributed by atoms with Crippen molar-refractivity contribution >= 4 is 22.7 Å². The first-order valence-corrected chi connectivity index (χ1v) is 10.6. The van der Waals surface area contributed by atoms with Crippen LogP contribution in [0.1, 0.15) is 28.6 Å². The molecule has 8 heteroatoms. The Morgan fingerprint density at radius 2 is 1.94 bits per heavy atom. The quantitative estimate of drug-likeness (QED) is 0.518. The van der Waals surface area contributed by atoms with Gasteiger partial charge in [0.05, 0.1) is 18.7 Å². The fourth-order valence-corrected chi connectivity index (χ4v) is 4.11. The number of fused-ring (bicyclic) bond motifs is 1. The van der Waals surface area contributed by atoms with Crippen LogP contribution < -0.4 is 4.74 Å². The number of carbonyl (C=O) groups excluding carboxylic acids is 2. The van der Waals surface area contributed by atoms with Crippen LogP contribution in [0.3, 0.4) is 0 Å². The van der Waals surface area contributed by atoms with Gasteiger partial charge >= 0.3 is 0 Å². The molecule has 0 spiro atoms. The number of para-hydroxylation sites is 1. The number of methoxy groups -OCH3 is 1. The van der Waals surface area contributed by atoms with E-state index in [1.165, 1.54) is 36.3 Å². The number of hydrogen-bond donors (Lipinski definition) is 1. The number of ether oxygens (including phenoxy) is 1. The maximum atomic E-state index is 13.6. The lowest BCUT2D eigenvalue weighted by Crippen LogP contribution is -2.33. The lowest BCUT2D eigenvalue weighted by molar-refractivity contribution is -0.129. The van der Waals surface area contributed by atoms with E-state index in [2.05, 4.69) is 0 Å². The molecule has 0 radical (unpaired) electrons. The van der Waals surface area contributed by atoms with Crippen LogP contribution in [0, 0.1) is 5.82 Å². The number of Topliss-reactive ketones (excluding diaryl/α,β-unsaturated/α-hetero) is 1. The summed E-state index contributed by atoms with van der Waals surface area (Å²) in [6.07, 6.45) is 0.632. The van der Waals surface area contributed by atoms with Crippen LogP contribution in [-0.4, -0.2) is 60.9 Å². The molecule has 2 aromatic carbocycles. The van der Waals surface area contributed by atoms with Gasteiger partial charge in [-0.1, -0.05) is 24.3 Å². The smallest absolute Gasteiger partial charge is 0.290 e. The topological polar surface area (TPSA) is 83.2 Å². The van der Waals surface area contributed by atoms with Crippen molar-refractivity contribution in [1.82, 2.24) is 9.80 Å². The zero-order valence-electron chi connectivity index (χ0n) is 18.7. The first-order chi connectivity index (χ1) is 15.8. The van der Waals surface area contributed by atoms with Crippen LogP contribution in [-0.2, 0) is 4.79 Å². The highest BCUT2D eigenvalue weighted by molar-refractivity contribution is 6.16. The number of hydrogen-bond acceptors (Lipinski definition) is 6. The molecule has 3 aromatic rings. The molecule has 33 heavy (non-hydrogen) atoms. The van der Waals surface area contributed by atoms with Gasteiger partial charge in [0.15, 0.2) is 22.9 Å². The molecule has 2 heterocycles. The number of ketones is 1. The predicted molar refractivity (Wildman–Crippen MR) is 121 cm³/mol. The SMILES string of the molecule is COc1cccc2cc(C(=O)C3=C(O)C(=O)N(CCCN(C)C)[C@H]3c3ccc(F)cc3)oc12. The summed E-state index contributed by atoms with van der Waals surface area (Å²) in [7, 11) is 5.34. The first-order valence-electron chi connectivity index (χ1n) is 10.6. The van der Waals surface area contributed by atoms with Gasteiger partial charge in [-0.15, -0.1) is 0 Å². The van der Waals surface area contributed by atoms with Crippen molar-refractivity contribution < 1.29 is 28.2 Å². The first kappa shape index (κ1) is 22.5. The van der Waals surface area contributed by atoms with Crippen molar-refractivity contribution in [3.05, 3.63) is 77.0 Å². The van der Waals surface area contributed by atoms with Crippen molar-refractivity contribution in [3.8, 4) is 5.75 Å². The molecule has 1 amide bonds. The van der Waals surface area contributed by atoms with Gasteiger partial charge in [-0.2, -0.15) is 0 Å². The molecule has 4 rings (SSSR count). The Kier molecular flexibility index (Phi) is 6.20. The summed E-state index contributed by atoms with van der Waals surface area (Å²) >= 11 is 0. The molecule has 0 aliphatic carbocycles. The second-order valence-corrected chi connectivity index (χ2v) is 8.19. The maximum absolute atomic E-state index is 13.6. The number of aliphatic hydroxyl groups is 1. The summed E-state index contributed by atoms with van der Waals surface area (Å²) in [6.45, 7) is 1.03. The van der Waals surface area contributed by atoms with Crippen LogP contribution in [0.4, 0.5) is 4.39 Å². The number of furan rings is 1. The van der Waals surface area contributed by atoms with E-state index in [1.54, 1.807) is 24.3 Å². The molecule has 7 nitrogen and oxygen atoms in total. The van der Waals surface area contributed by atoms with E-state index in [9.17, 15) is 19.1 Å². The summed E-state index contributed by atoms with van der Waals surface area (Å²) in [4.78, 5) is 29.9. The van der Waals surface area contributed by atoms with Crippen LogP contribution in [0.15, 0.2) is 64.3 Å². The van der Waals surface area contributed by atoms with E-state index in [4.69, 9.17) is 9.15 Å². The summed E-state index contributed by atoms with van der Waals surface area (Å²) in [6, 6.07) is 11.5. The van der Waals surface area contributed by atoms with Gasteiger partial charge in [-0.3, -0.25) is 9.59 Å². The Balaban J connectivity index is 1.76. The summed E-state index contributed by atoms with van der Waals surface area (Å²) in [5.74, 6) is -1.86. The molecule has 0 saturated carbocycles. The molecule has 0 unspecified atom stereocenters. The number of aliphatic hydroxyl groups excluding tert-OH is 1. The molecular formula is C25H25FN2O5. The number of nitrogens with zero attached hydrogens (tertiary/aromatic N) is 2. The predicted octanol–water partition coefficient (Wildman–Crippen LogP) is 4.11. The maximum Gasteiger partial charge on any atom is 0.290 e. The van der Waals surface area contributed by atoms with Crippen molar-refractivity contribution in [2.24, 2.45) is 0 Å². The molecule has 1 N–H and O–H groups in total. The van der Waals surface area contributed by atoms with E-state index in [-0.39, 0.29) is 11.3 Å². The minimum atomic E-state index is -0.858.